The quantitative estimate of drug-likeness (QED) is 0.766. The number of benzene rings is 1. The van der Waals surface area contributed by atoms with Gasteiger partial charge in [0, 0.05) is 37.8 Å². The van der Waals surface area contributed by atoms with Gasteiger partial charge in [-0.15, -0.1) is 0 Å². The smallest absolute Gasteiger partial charge is 0.221 e. The van der Waals surface area contributed by atoms with Crippen LogP contribution in [-0.4, -0.2) is 61.4 Å². The third-order valence-corrected chi connectivity index (χ3v) is 5.66. The summed E-state index contributed by atoms with van der Waals surface area (Å²) in [5, 5.41) is 0. The van der Waals surface area contributed by atoms with Gasteiger partial charge >= 0.3 is 0 Å². The summed E-state index contributed by atoms with van der Waals surface area (Å²) < 4.78 is 38.9. The summed E-state index contributed by atoms with van der Waals surface area (Å²) in [6.07, 6.45) is 0. The normalized spacial score (nSPS) is 17.8. The van der Waals surface area contributed by atoms with Crippen LogP contribution in [0, 0.1) is 5.82 Å². The fourth-order valence-corrected chi connectivity index (χ4v) is 3.87. The lowest BCUT2D eigenvalue weighted by atomic mass is 10.1. The number of Topliss-reactive ketones (excluding diaryl/α,β-unsaturated/α-hetero) is 1. The molecule has 0 unspecified atom stereocenters. The maximum Gasteiger partial charge on any atom is 0.221 e. The van der Waals surface area contributed by atoms with Crippen molar-refractivity contribution < 1.29 is 17.6 Å². The molecule has 0 aliphatic carbocycles. The van der Waals surface area contributed by atoms with Crippen molar-refractivity contribution in [2.45, 2.75) is 19.9 Å². The molecule has 0 saturated carbocycles. The largest absolute Gasteiger partial charge is 0.298 e. The van der Waals surface area contributed by atoms with Crippen LogP contribution in [0.4, 0.5) is 4.39 Å². The Morgan fingerprint density at radius 1 is 1.14 bits per heavy atom. The number of nitrogens with zero attached hydrogens (tertiary/aromatic N) is 2. The van der Waals surface area contributed by atoms with Crippen molar-refractivity contribution in [3.8, 4) is 0 Å². The minimum absolute atomic E-state index is 0.214. The number of sulfonamides is 1. The van der Waals surface area contributed by atoms with Gasteiger partial charge in [0.25, 0.3) is 0 Å². The average Bonchev–Trinajstić information content (AvgIpc) is 2.47. The summed E-state index contributed by atoms with van der Waals surface area (Å²) in [6.45, 7) is 6.28. The molecule has 1 heterocycles. The van der Waals surface area contributed by atoms with E-state index in [1.54, 1.807) is 0 Å². The van der Waals surface area contributed by atoms with Gasteiger partial charge in [0.05, 0.1) is 0 Å². The second-order valence-electron chi connectivity index (χ2n) is 5.72. The number of hydrogen-bond donors (Lipinski definition) is 0. The zero-order chi connectivity index (χ0) is 16.3. The highest BCUT2D eigenvalue weighted by atomic mass is 32.2. The van der Waals surface area contributed by atoms with Gasteiger partial charge in [-0.3, -0.25) is 9.69 Å². The molecule has 1 saturated heterocycles. The first-order valence-electron chi connectivity index (χ1n) is 7.30. The molecule has 0 spiro atoms. The Labute approximate surface area is 130 Å². The van der Waals surface area contributed by atoms with Crippen molar-refractivity contribution in [2.75, 3.05) is 31.9 Å². The number of halogens is 1. The van der Waals surface area contributed by atoms with Gasteiger partial charge in [-0.2, -0.15) is 4.31 Å². The Morgan fingerprint density at radius 3 is 2.18 bits per heavy atom. The van der Waals surface area contributed by atoms with Crippen molar-refractivity contribution in [3.05, 3.63) is 35.6 Å². The number of carbonyl (C=O) groups excluding carboxylic acids is 1. The average molecular weight is 328 g/mol. The molecule has 122 valence electrons. The molecule has 0 radical (unpaired) electrons. The molecule has 2 rings (SSSR count). The Kier molecular flexibility index (Phi) is 5.31. The lowest BCUT2D eigenvalue weighted by molar-refractivity contribution is 0.101. The Bertz CT molecular complexity index is 621. The number of piperazine rings is 1. The van der Waals surface area contributed by atoms with E-state index in [-0.39, 0.29) is 5.56 Å². The number of carbonyl (C=O) groups is 1. The molecule has 0 aromatic heterocycles. The van der Waals surface area contributed by atoms with Crippen LogP contribution in [0.2, 0.25) is 0 Å². The van der Waals surface area contributed by atoms with Gasteiger partial charge < -0.3 is 0 Å². The maximum atomic E-state index is 12.8. The third kappa shape index (κ3) is 4.12. The predicted octanol–water partition coefficient (Wildman–Crippen LogP) is 1.36. The molecular formula is C15H21FN2O3S. The Hall–Kier alpha value is -1.31. The van der Waals surface area contributed by atoms with E-state index in [2.05, 4.69) is 18.7 Å². The molecule has 1 aromatic carbocycles. The van der Waals surface area contributed by atoms with Crippen molar-refractivity contribution in [3.63, 3.8) is 0 Å². The molecule has 0 atom stereocenters. The standard InChI is InChI=1S/C15H21FN2O3S/c1-12(2)17-7-9-18(10-8-17)22(20,21)11-15(19)13-3-5-14(16)6-4-13/h3-6,12H,7-11H2,1-2H3. The van der Waals surface area contributed by atoms with Crippen LogP contribution in [0.25, 0.3) is 0 Å². The zero-order valence-corrected chi connectivity index (χ0v) is 13.6. The molecule has 1 aromatic rings. The van der Waals surface area contributed by atoms with Crippen LogP contribution < -0.4 is 0 Å². The van der Waals surface area contributed by atoms with E-state index in [9.17, 15) is 17.6 Å². The first-order chi connectivity index (χ1) is 10.3. The van der Waals surface area contributed by atoms with Crippen molar-refractivity contribution in [1.82, 2.24) is 9.21 Å². The molecule has 0 amide bonds. The van der Waals surface area contributed by atoms with Crippen molar-refractivity contribution >= 4 is 15.8 Å². The zero-order valence-electron chi connectivity index (χ0n) is 12.8. The minimum Gasteiger partial charge on any atom is -0.298 e. The van der Waals surface area contributed by atoms with Crippen LogP contribution in [-0.2, 0) is 10.0 Å². The number of rotatable bonds is 5. The summed E-state index contributed by atoms with van der Waals surface area (Å²) in [6, 6.07) is 5.31. The van der Waals surface area contributed by atoms with Gasteiger partial charge in [0.15, 0.2) is 5.78 Å². The predicted molar refractivity (Wildman–Crippen MR) is 82.8 cm³/mol. The first kappa shape index (κ1) is 17.1. The van der Waals surface area contributed by atoms with E-state index in [0.717, 1.165) is 12.1 Å². The van der Waals surface area contributed by atoms with Crippen LogP contribution in [0.3, 0.4) is 0 Å². The van der Waals surface area contributed by atoms with Gasteiger partial charge in [-0.25, -0.2) is 12.8 Å². The molecule has 0 bridgehead atoms. The van der Waals surface area contributed by atoms with E-state index in [0.29, 0.717) is 32.2 Å². The van der Waals surface area contributed by atoms with Gasteiger partial charge in [0.2, 0.25) is 10.0 Å². The lowest BCUT2D eigenvalue weighted by Crippen LogP contribution is -2.51. The highest BCUT2D eigenvalue weighted by Gasteiger charge is 2.29. The summed E-state index contributed by atoms with van der Waals surface area (Å²) in [7, 11) is -3.63. The van der Waals surface area contributed by atoms with E-state index in [4.69, 9.17) is 0 Å². The lowest BCUT2D eigenvalue weighted by Gasteiger charge is -2.36. The van der Waals surface area contributed by atoms with Gasteiger partial charge in [0.1, 0.15) is 11.6 Å². The summed E-state index contributed by atoms with van der Waals surface area (Å²) in [5.41, 5.74) is 0.214. The summed E-state index contributed by atoms with van der Waals surface area (Å²) >= 11 is 0. The van der Waals surface area contributed by atoms with E-state index < -0.39 is 27.4 Å². The van der Waals surface area contributed by atoms with Crippen molar-refractivity contribution in [1.29, 1.82) is 0 Å². The molecule has 7 heteroatoms. The SMILES string of the molecule is CC(C)N1CCN(S(=O)(=O)CC(=O)c2ccc(F)cc2)CC1. The highest BCUT2D eigenvalue weighted by molar-refractivity contribution is 7.89. The van der Waals surface area contributed by atoms with Crippen LogP contribution in [0.15, 0.2) is 24.3 Å². The molecular weight excluding hydrogens is 307 g/mol. The third-order valence-electron chi connectivity index (χ3n) is 3.88. The molecule has 1 aliphatic rings. The summed E-state index contributed by atoms with van der Waals surface area (Å²) in [4.78, 5) is 14.3. The highest BCUT2D eigenvalue weighted by Crippen LogP contribution is 2.12. The first-order valence-corrected chi connectivity index (χ1v) is 8.91. The second kappa shape index (κ2) is 6.85. The monoisotopic (exact) mass is 328 g/mol. The molecule has 1 fully saturated rings. The maximum absolute atomic E-state index is 12.8. The van der Waals surface area contributed by atoms with Gasteiger partial charge in [-0.05, 0) is 38.1 Å². The van der Waals surface area contributed by atoms with Crippen molar-refractivity contribution in [2.24, 2.45) is 0 Å². The molecule has 0 N–H and O–H groups in total. The van der Waals surface area contributed by atoms with Crippen LogP contribution in [0.5, 0.6) is 0 Å². The number of ketones is 1. The molecule has 22 heavy (non-hydrogen) atoms. The van der Waals surface area contributed by atoms with Crippen LogP contribution in [0.1, 0.15) is 24.2 Å². The minimum atomic E-state index is -3.63. The number of hydrogen-bond acceptors (Lipinski definition) is 4. The van der Waals surface area contributed by atoms with E-state index >= 15 is 0 Å². The summed E-state index contributed by atoms with van der Waals surface area (Å²) in [5.74, 6) is -1.53. The Morgan fingerprint density at radius 2 is 1.68 bits per heavy atom. The van der Waals surface area contributed by atoms with E-state index in [1.807, 2.05) is 0 Å². The second-order valence-corrected chi connectivity index (χ2v) is 7.68. The Balaban J connectivity index is 1.99. The topological polar surface area (TPSA) is 57.7 Å². The fraction of sp³-hybridized carbons (Fsp3) is 0.533. The molecule has 5 nitrogen and oxygen atoms in total. The molecule has 1 aliphatic heterocycles. The van der Waals surface area contributed by atoms with Crippen LogP contribution >= 0.6 is 0 Å². The fourth-order valence-electron chi connectivity index (χ4n) is 2.47. The van der Waals surface area contributed by atoms with E-state index in [1.165, 1.54) is 16.4 Å². The van der Waals surface area contributed by atoms with Gasteiger partial charge in [-0.1, -0.05) is 0 Å².